The molecule has 0 atom stereocenters. The third-order valence-electron chi connectivity index (χ3n) is 4.43. The summed E-state index contributed by atoms with van der Waals surface area (Å²) in [5, 5.41) is 10.7. The molecule has 12 heteroatoms. The Labute approximate surface area is 169 Å². The van der Waals surface area contributed by atoms with Crippen LogP contribution < -0.4 is 4.31 Å². The number of rotatable bonds is 4. The monoisotopic (exact) mass is 458 g/mol. The van der Waals surface area contributed by atoms with Crippen molar-refractivity contribution in [2.45, 2.75) is 10.6 Å². The molecule has 0 saturated heterocycles. The van der Waals surface area contributed by atoms with Gasteiger partial charge in [-0.3, -0.25) is 9.29 Å². The van der Waals surface area contributed by atoms with E-state index in [2.05, 4.69) is 4.98 Å². The van der Waals surface area contributed by atoms with Crippen molar-refractivity contribution in [3.63, 3.8) is 0 Å². The van der Waals surface area contributed by atoms with E-state index in [0.717, 1.165) is 23.9 Å². The van der Waals surface area contributed by atoms with Gasteiger partial charge in [-0.25, -0.2) is 25.3 Å². The third kappa shape index (κ3) is 3.74. The second kappa shape index (κ2) is 6.82. The summed E-state index contributed by atoms with van der Waals surface area (Å²) in [4.78, 5) is 2.88. The maximum absolute atomic E-state index is 12.9. The second-order valence-corrected chi connectivity index (χ2v) is 12.5. The fourth-order valence-corrected chi connectivity index (χ4v) is 6.58. The van der Waals surface area contributed by atoms with E-state index in [4.69, 9.17) is 0 Å². The number of fused-ring (bicyclic) bond motifs is 1. The lowest BCUT2D eigenvalue weighted by atomic mass is 10.1. The molecule has 1 aliphatic rings. The zero-order chi connectivity index (χ0) is 21.8. The summed E-state index contributed by atoms with van der Waals surface area (Å²) in [6.07, 6.45) is 3.10. The van der Waals surface area contributed by atoms with Crippen LogP contribution in [0.25, 0.3) is 10.7 Å². The molecule has 0 unspecified atom stereocenters. The molecule has 2 heterocycles. The largest absolute Gasteiger partial charge is 0.504 e. The minimum absolute atomic E-state index is 0.0265. The van der Waals surface area contributed by atoms with Gasteiger partial charge in [0.1, 0.15) is 10.6 Å². The highest BCUT2D eigenvalue weighted by Crippen LogP contribution is 2.42. The number of sulfone groups is 2. The maximum atomic E-state index is 12.9. The lowest BCUT2D eigenvalue weighted by Crippen LogP contribution is -2.27. The van der Waals surface area contributed by atoms with Crippen LogP contribution in [0.1, 0.15) is 16.8 Å². The minimum atomic E-state index is -4.14. The van der Waals surface area contributed by atoms with Gasteiger partial charge in [0.2, 0.25) is 10.0 Å². The zero-order valence-electron chi connectivity index (χ0n) is 15.7. The van der Waals surface area contributed by atoms with Crippen molar-refractivity contribution in [1.29, 1.82) is 0 Å². The average molecular weight is 459 g/mol. The second-order valence-electron chi connectivity index (χ2n) is 6.60. The first kappa shape index (κ1) is 21.3. The molecule has 2 aromatic rings. The molecule has 1 aliphatic heterocycles. The van der Waals surface area contributed by atoms with E-state index >= 15 is 0 Å². The number of anilines is 1. The molecule has 0 aliphatic carbocycles. The van der Waals surface area contributed by atoms with E-state index in [1.807, 2.05) is 0 Å². The van der Waals surface area contributed by atoms with E-state index in [-0.39, 0.29) is 22.5 Å². The molecule has 156 valence electrons. The van der Waals surface area contributed by atoms with Gasteiger partial charge in [-0.05, 0) is 17.7 Å². The van der Waals surface area contributed by atoms with Gasteiger partial charge in [-0.1, -0.05) is 18.2 Å². The van der Waals surface area contributed by atoms with E-state index in [9.17, 15) is 30.4 Å². The Kier molecular flexibility index (Phi) is 5.00. The Balaban J connectivity index is 2.47. The van der Waals surface area contributed by atoms with Gasteiger partial charge in [0.15, 0.2) is 25.4 Å². The first-order chi connectivity index (χ1) is 13.2. The number of benzene rings is 1. The van der Waals surface area contributed by atoms with Crippen molar-refractivity contribution < 1.29 is 30.4 Å². The van der Waals surface area contributed by atoms with Gasteiger partial charge in [0, 0.05) is 25.1 Å². The van der Waals surface area contributed by atoms with Crippen LogP contribution in [0.3, 0.4) is 0 Å². The molecule has 3 rings (SSSR count). The van der Waals surface area contributed by atoms with Gasteiger partial charge in [0.05, 0.1) is 22.6 Å². The van der Waals surface area contributed by atoms with Crippen molar-refractivity contribution in [3.8, 4) is 0 Å². The fourth-order valence-electron chi connectivity index (χ4n) is 3.12. The number of nitrogens with zero attached hydrogens (tertiary/aromatic N) is 2. The lowest BCUT2D eigenvalue weighted by Gasteiger charge is -2.24. The molecule has 1 aromatic carbocycles. The van der Waals surface area contributed by atoms with Crippen molar-refractivity contribution in [2.75, 3.05) is 23.9 Å². The predicted molar refractivity (Wildman–Crippen MR) is 109 cm³/mol. The summed E-state index contributed by atoms with van der Waals surface area (Å²) in [7, 11) is -10.9. The van der Waals surface area contributed by atoms with Gasteiger partial charge < -0.3 is 5.11 Å². The van der Waals surface area contributed by atoms with Crippen LogP contribution >= 0.6 is 0 Å². The van der Waals surface area contributed by atoms with Gasteiger partial charge in [-0.2, -0.15) is 0 Å². The predicted octanol–water partition coefficient (Wildman–Crippen LogP) is 1.19. The molecule has 29 heavy (non-hydrogen) atoms. The van der Waals surface area contributed by atoms with E-state index in [1.165, 1.54) is 36.5 Å². The standard InChI is InChI=1S/C17H18N2O7S3/c1-19(28(3,23)24)13-8-4-7-12(16(13)27(2,21)22)17-15(20)14-11(6-5-9-18-14)10-29(17,25)26/h4-9,20H,10H2,1-3H3. The van der Waals surface area contributed by atoms with Gasteiger partial charge >= 0.3 is 0 Å². The molecule has 0 radical (unpaired) electrons. The Morgan fingerprint density at radius 2 is 1.72 bits per heavy atom. The van der Waals surface area contributed by atoms with Crippen molar-refractivity contribution in [2.24, 2.45) is 0 Å². The molecule has 0 saturated carbocycles. The van der Waals surface area contributed by atoms with E-state index in [0.29, 0.717) is 0 Å². The Hall–Kier alpha value is -2.44. The van der Waals surface area contributed by atoms with Gasteiger partial charge in [0.25, 0.3) is 0 Å². The first-order valence-corrected chi connectivity index (χ1v) is 13.5. The quantitative estimate of drug-likeness (QED) is 0.721. The molecule has 1 N–H and O–H groups in total. The van der Waals surface area contributed by atoms with Gasteiger partial charge in [-0.15, -0.1) is 0 Å². The van der Waals surface area contributed by atoms with Crippen LogP contribution in [-0.4, -0.2) is 54.9 Å². The molecule has 0 spiro atoms. The third-order valence-corrected chi connectivity index (χ3v) is 8.52. The molecular weight excluding hydrogens is 440 g/mol. The summed E-state index contributed by atoms with van der Waals surface area (Å²) < 4.78 is 75.8. The summed E-state index contributed by atoms with van der Waals surface area (Å²) in [6.45, 7) is 0. The fraction of sp³-hybridized carbons (Fsp3) is 0.235. The normalized spacial score (nSPS) is 16.4. The van der Waals surface area contributed by atoms with Crippen LogP contribution in [-0.2, 0) is 35.5 Å². The number of hydrogen-bond donors (Lipinski definition) is 1. The number of aliphatic hydroxyl groups excluding tert-OH is 1. The summed E-state index contributed by atoms with van der Waals surface area (Å²) >= 11 is 0. The topological polar surface area (TPSA) is 139 Å². The zero-order valence-corrected chi connectivity index (χ0v) is 18.1. The molecular formula is C17H18N2O7S3. The number of aromatic nitrogens is 1. The molecule has 9 nitrogen and oxygen atoms in total. The summed E-state index contributed by atoms with van der Waals surface area (Å²) in [6, 6.07) is 6.81. The smallest absolute Gasteiger partial charge is 0.232 e. The molecule has 0 fully saturated rings. The van der Waals surface area contributed by atoms with Crippen LogP contribution in [0.4, 0.5) is 5.69 Å². The first-order valence-electron chi connectivity index (χ1n) is 8.13. The van der Waals surface area contributed by atoms with Crippen molar-refractivity contribution >= 4 is 46.0 Å². The Bertz CT molecular complexity index is 1360. The molecule has 0 amide bonds. The van der Waals surface area contributed by atoms with Crippen molar-refractivity contribution in [3.05, 3.63) is 53.3 Å². The van der Waals surface area contributed by atoms with E-state index < -0.39 is 51.0 Å². The minimum Gasteiger partial charge on any atom is -0.504 e. The van der Waals surface area contributed by atoms with Crippen LogP contribution in [0.2, 0.25) is 0 Å². The molecule has 1 aromatic heterocycles. The van der Waals surface area contributed by atoms with Crippen molar-refractivity contribution in [1.82, 2.24) is 4.98 Å². The SMILES string of the molecule is CN(c1cccc(C2=C(O)c3ncccc3CS2(=O)=O)c1S(C)(=O)=O)S(C)(=O)=O. The summed E-state index contributed by atoms with van der Waals surface area (Å²) in [5.41, 5.74) is -0.234. The number of pyridine rings is 1. The highest BCUT2D eigenvalue weighted by atomic mass is 32.2. The number of hydrogen-bond acceptors (Lipinski definition) is 8. The maximum Gasteiger partial charge on any atom is 0.232 e. The van der Waals surface area contributed by atoms with Crippen LogP contribution in [0, 0.1) is 0 Å². The summed E-state index contributed by atoms with van der Waals surface area (Å²) in [5.74, 6) is -1.17. The lowest BCUT2D eigenvalue weighted by molar-refractivity contribution is 0.508. The number of aliphatic hydroxyl groups is 1. The van der Waals surface area contributed by atoms with Crippen LogP contribution in [0.5, 0.6) is 0 Å². The Morgan fingerprint density at radius 3 is 2.31 bits per heavy atom. The van der Waals surface area contributed by atoms with E-state index in [1.54, 1.807) is 0 Å². The van der Waals surface area contributed by atoms with Crippen LogP contribution in [0.15, 0.2) is 41.4 Å². The average Bonchev–Trinajstić information content (AvgIpc) is 2.58. The Morgan fingerprint density at radius 1 is 1.07 bits per heavy atom. The highest BCUT2D eigenvalue weighted by Gasteiger charge is 2.37. The number of sulfonamides is 1. The molecule has 0 bridgehead atoms. The highest BCUT2D eigenvalue weighted by molar-refractivity contribution is 8.00.